The predicted octanol–water partition coefficient (Wildman–Crippen LogP) is 3.13. The van der Waals surface area contributed by atoms with Gasteiger partial charge in [0.05, 0.1) is 12.2 Å². The number of anilines is 1. The largest absolute Gasteiger partial charge is 0.444 e. The Bertz CT molecular complexity index is 1020. The molecule has 0 radical (unpaired) electrons. The maximum Gasteiger partial charge on any atom is 0.226 e. The fraction of sp³-hybridized carbons (Fsp3) is 0.318. The second-order valence-electron chi connectivity index (χ2n) is 7.32. The molecular formula is C22H25FN6O. The van der Waals surface area contributed by atoms with Crippen molar-refractivity contribution in [2.45, 2.75) is 25.9 Å². The Labute approximate surface area is 175 Å². The Morgan fingerprint density at radius 2 is 2.13 bits per heavy atom. The lowest BCUT2D eigenvalue weighted by Crippen LogP contribution is -2.44. The van der Waals surface area contributed by atoms with Gasteiger partial charge in [-0.05, 0) is 37.6 Å². The molecule has 0 aliphatic carbocycles. The van der Waals surface area contributed by atoms with Gasteiger partial charge < -0.3 is 20.0 Å². The molecule has 0 bridgehead atoms. The van der Waals surface area contributed by atoms with Gasteiger partial charge in [0.1, 0.15) is 6.26 Å². The molecule has 0 amide bonds. The number of benzene rings is 1. The van der Waals surface area contributed by atoms with Crippen LogP contribution in [0.4, 0.5) is 10.2 Å². The number of aliphatic imine (C=N–C) groups is 1. The number of oxazole rings is 1. The Hall–Kier alpha value is -3.42. The number of hydrogen-bond acceptors (Lipinski definition) is 5. The van der Waals surface area contributed by atoms with Crippen LogP contribution in [-0.2, 0) is 6.54 Å². The monoisotopic (exact) mass is 408 g/mol. The van der Waals surface area contributed by atoms with Crippen LogP contribution in [0.25, 0.3) is 11.5 Å². The van der Waals surface area contributed by atoms with Crippen molar-refractivity contribution in [2.24, 2.45) is 4.99 Å². The van der Waals surface area contributed by atoms with E-state index >= 15 is 0 Å². The number of pyridine rings is 1. The zero-order valence-electron chi connectivity index (χ0n) is 17.1. The lowest BCUT2D eigenvalue weighted by molar-refractivity contribution is 0.572. The van der Waals surface area contributed by atoms with E-state index in [1.165, 1.54) is 11.6 Å². The quantitative estimate of drug-likeness (QED) is 0.499. The molecule has 3 aromatic rings. The third-order valence-corrected chi connectivity index (χ3v) is 5.08. The van der Waals surface area contributed by atoms with Crippen LogP contribution in [0.5, 0.6) is 0 Å². The second kappa shape index (κ2) is 8.94. The van der Waals surface area contributed by atoms with E-state index in [2.05, 4.69) is 25.6 Å². The normalized spacial score (nSPS) is 16.7. The molecule has 1 aliphatic rings. The van der Waals surface area contributed by atoms with Gasteiger partial charge in [-0.25, -0.2) is 14.4 Å². The fourth-order valence-corrected chi connectivity index (χ4v) is 3.46. The molecule has 1 saturated heterocycles. The van der Waals surface area contributed by atoms with Crippen molar-refractivity contribution in [1.82, 2.24) is 20.6 Å². The minimum Gasteiger partial charge on any atom is -0.444 e. The van der Waals surface area contributed by atoms with Crippen molar-refractivity contribution in [2.75, 3.05) is 25.0 Å². The smallest absolute Gasteiger partial charge is 0.226 e. The minimum absolute atomic E-state index is 0.151. The van der Waals surface area contributed by atoms with Gasteiger partial charge in [-0.3, -0.25) is 4.99 Å². The topological polar surface area (TPSA) is 78.6 Å². The molecule has 1 unspecified atom stereocenters. The fourth-order valence-electron chi connectivity index (χ4n) is 3.46. The first-order chi connectivity index (χ1) is 14.6. The Morgan fingerprint density at radius 3 is 2.90 bits per heavy atom. The summed E-state index contributed by atoms with van der Waals surface area (Å²) in [5.74, 6) is 1.37. The van der Waals surface area contributed by atoms with Gasteiger partial charge in [-0.2, -0.15) is 0 Å². The highest BCUT2D eigenvalue weighted by Crippen LogP contribution is 2.21. The second-order valence-corrected chi connectivity index (χ2v) is 7.32. The van der Waals surface area contributed by atoms with Crippen molar-refractivity contribution in [3.63, 3.8) is 0 Å². The van der Waals surface area contributed by atoms with E-state index in [1.807, 2.05) is 36.1 Å². The highest BCUT2D eigenvalue weighted by atomic mass is 19.1. The van der Waals surface area contributed by atoms with E-state index in [4.69, 9.17) is 4.42 Å². The molecule has 1 aromatic carbocycles. The first-order valence-electron chi connectivity index (χ1n) is 9.96. The number of halogens is 1. The predicted molar refractivity (Wildman–Crippen MR) is 115 cm³/mol. The van der Waals surface area contributed by atoms with Crippen LogP contribution < -0.4 is 15.5 Å². The van der Waals surface area contributed by atoms with Gasteiger partial charge in [0, 0.05) is 37.9 Å². The van der Waals surface area contributed by atoms with Crippen molar-refractivity contribution in [3.05, 3.63) is 65.9 Å². The summed E-state index contributed by atoms with van der Waals surface area (Å²) in [5, 5.41) is 6.65. The van der Waals surface area contributed by atoms with Gasteiger partial charge in [0.25, 0.3) is 0 Å². The van der Waals surface area contributed by atoms with Gasteiger partial charge in [-0.15, -0.1) is 0 Å². The molecule has 0 spiro atoms. The van der Waals surface area contributed by atoms with E-state index in [9.17, 15) is 4.39 Å². The van der Waals surface area contributed by atoms with Crippen molar-refractivity contribution >= 4 is 11.8 Å². The maximum atomic E-state index is 14.0. The molecule has 30 heavy (non-hydrogen) atoms. The number of nitrogens with one attached hydrogen (secondary N) is 2. The zero-order valence-corrected chi connectivity index (χ0v) is 17.1. The summed E-state index contributed by atoms with van der Waals surface area (Å²) >= 11 is 0. The van der Waals surface area contributed by atoms with Crippen LogP contribution in [0.1, 0.15) is 17.7 Å². The molecule has 2 N–H and O–H groups in total. The van der Waals surface area contributed by atoms with Gasteiger partial charge >= 0.3 is 0 Å². The van der Waals surface area contributed by atoms with Crippen LogP contribution >= 0.6 is 0 Å². The minimum atomic E-state index is -0.295. The van der Waals surface area contributed by atoms with E-state index in [-0.39, 0.29) is 11.9 Å². The number of aromatic nitrogens is 2. The van der Waals surface area contributed by atoms with E-state index in [0.717, 1.165) is 24.2 Å². The molecule has 0 saturated carbocycles. The lowest BCUT2D eigenvalue weighted by Gasteiger charge is -2.19. The van der Waals surface area contributed by atoms with Crippen LogP contribution in [0, 0.1) is 12.7 Å². The standard InChI is InChI=1S/C22H25FN6O/c1-15-5-7-16(8-6-15)21-27-18(14-30-21)12-26-22(24-2)28-17-9-11-29(13-17)20-19(23)4-3-10-25-20/h3-8,10,14,17H,9,11-13H2,1-2H3,(H2,24,26,28). The molecule has 7 nitrogen and oxygen atoms in total. The first kappa shape index (κ1) is 19.9. The van der Waals surface area contributed by atoms with Crippen molar-refractivity contribution in [3.8, 4) is 11.5 Å². The van der Waals surface area contributed by atoms with Crippen LogP contribution in [0.15, 0.2) is 58.3 Å². The summed E-state index contributed by atoms with van der Waals surface area (Å²) < 4.78 is 19.6. The van der Waals surface area contributed by atoms with Gasteiger partial charge in [0.15, 0.2) is 17.6 Å². The summed E-state index contributed by atoms with van der Waals surface area (Å²) in [4.78, 5) is 14.9. The number of guanidine groups is 1. The summed E-state index contributed by atoms with van der Waals surface area (Å²) in [6.45, 7) is 3.94. The number of hydrogen-bond donors (Lipinski definition) is 2. The van der Waals surface area contributed by atoms with E-state index < -0.39 is 0 Å². The molecule has 1 atom stereocenters. The molecule has 156 valence electrons. The summed E-state index contributed by atoms with van der Waals surface area (Å²) in [7, 11) is 1.72. The highest BCUT2D eigenvalue weighted by molar-refractivity contribution is 5.80. The Kier molecular flexibility index (Phi) is 5.92. The van der Waals surface area contributed by atoms with E-state index in [0.29, 0.717) is 30.8 Å². The van der Waals surface area contributed by atoms with Crippen LogP contribution in [0.2, 0.25) is 0 Å². The third kappa shape index (κ3) is 4.59. The lowest BCUT2D eigenvalue weighted by atomic mass is 10.1. The number of aryl methyl sites for hydroxylation is 1. The molecule has 8 heteroatoms. The molecule has 4 rings (SSSR count). The molecular weight excluding hydrogens is 383 g/mol. The van der Waals surface area contributed by atoms with Gasteiger partial charge in [-0.1, -0.05) is 17.7 Å². The van der Waals surface area contributed by atoms with Gasteiger partial charge in [0.2, 0.25) is 5.89 Å². The maximum absolute atomic E-state index is 14.0. The molecule has 2 aromatic heterocycles. The summed E-state index contributed by atoms with van der Waals surface area (Å²) in [6, 6.07) is 11.2. The average Bonchev–Trinajstić information content (AvgIpc) is 3.42. The van der Waals surface area contributed by atoms with Crippen LogP contribution in [0.3, 0.4) is 0 Å². The van der Waals surface area contributed by atoms with Crippen molar-refractivity contribution in [1.29, 1.82) is 0 Å². The Morgan fingerprint density at radius 1 is 1.30 bits per heavy atom. The number of nitrogens with zero attached hydrogens (tertiary/aromatic N) is 4. The highest BCUT2D eigenvalue weighted by Gasteiger charge is 2.26. The molecule has 1 fully saturated rings. The SMILES string of the molecule is CN=C(NCc1coc(-c2ccc(C)cc2)n1)NC1CCN(c2ncccc2F)C1. The zero-order chi connectivity index (χ0) is 20.9. The summed E-state index contributed by atoms with van der Waals surface area (Å²) in [6.07, 6.45) is 4.14. The van der Waals surface area contributed by atoms with E-state index in [1.54, 1.807) is 25.6 Å². The average molecular weight is 408 g/mol. The summed E-state index contributed by atoms with van der Waals surface area (Å²) in [5.41, 5.74) is 2.93. The van der Waals surface area contributed by atoms with Crippen molar-refractivity contribution < 1.29 is 8.81 Å². The molecule has 1 aliphatic heterocycles. The molecule has 3 heterocycles. The number of rotatable bonds is 5. The third-order valence-electron chi connectivity index (χ3n) is 5.08. The first-order valence-corrected chi connectivity index (χ1v) is 9.96. The Balaban J connectivity index is 1.31. The van der Waals surface area contributed by atoms with Crippen LogP contribution in [-0.4, -0.2) is 42.1 Å².